The second-order valence-electron chi connectivity index (χ2n) is 4.92. The third-order valence-electron chi connectivity index (χ3n) is 3.57. The average Bonchev–Trinajstić information content (AvgIpc) is 2.40. The van der Waals surface area contributed by atoms with E-state index in [9.17, 15) is 4.79 Å². The molecule has 0 unspecified atom stereocenters. The largest absolute Gasteiger partial charge is 0.381 e. The molecular formula is C15H21NO2. The number of aryl methyl sites for hydroxylation is 1. The van der Waals surface area contributed by atoms with Crippen molar-refractivity contribution in [3.05, 3.63) is 35.4 Å². The molecule has 0 radical (unpaired) electrons. The lowest BCUT2D eigenvalue weighted by atomic mass is 9.96. The molecule has 1 heterocycles. The van der Waals surface area contributed by atoms with E-state index in [-0.39, 0.29) is 5.91 Å². The minimum absolute atomic E-state index is 0.0418. The van der Waals surface area contributed by atoms with Crippen LogP contribution in [0.5, 0.6) is 0 Å². The van der Waals surface area contributed by atoms with Crippen LogP contribution in [0.1, 0.15) is 35.2 Å². The van der Waals surface area contributed by atoms with Crippen molar-refractivity contribution < 1.29 is 9.53 Å². The molecule has 1 aliphatic heterocycles. The molecular weight excluding hydrogens is 226 g/mol. The first kappa shape index (κ1) is 13.1. The molecule has 1 aromatic rings. The van der Waals surface area contributed by atoms with Crippen molar-refractivity contribution in [2.24, 2.45) is 5.92 Å². The summed E-state index contributed by atoms with van der Waals surface area (Å²) < 4.78 is 5.32. The Labute approximate surface area is 109 Å². The van der Waals surface area contributed by atoms with Crippen molar-refractivity contribution in [1.82, 2.24) is 5.32 Å². The predicted octanol–water partition coefficient (Wildman–Crippen LogP) is 2.54. The molecule has 1 aliphatic rings. The fourth-order valence-electron chi connectivity index (χ4n) is 2.35. The Morgan fingerprint density at radius 2 is 2.06 bits per heavy atom. The molecule has 3 heteroatoms. The SMILES string of the molecule is Cc1ccccc1C(=O)NCCC1CCOCC1. The Kier molecular flexibility index (Phi) is 4.76. The minimum Gasteiger partial charge on any atom is -0.381 e. The summed E-state index contributed by atoms with van der Waals surface area (Å²) >= 11 is 0. The van der Waals surface area contributed by atoms with E-state index < -0.39 is 0 Å². The molecule has 1 amide bonds. The summed E-state index contributed by atoms with van der Waals surface area (Å²) in [4.78, 5) is 12.0. The fraction of sp³-hybridized carbons (Fsp3) is 0.533. The van der Waals surface area contributed by atoms with Crippen LogP contribution in [0.25, 0.3) is 0 Å². The highest BCUT2D eigenvalue weighted by molar-refractivity contribution is 5.95. The summed E-state index contributed by atoms with van der Waals surface area (Å²) in [6, 6.07) is 7.70. The van der Waals surface area contributed by atoms with Crippen LogP contribution in [0.4, 0.5) is 0 Å². The minimum atomic E-state index is 0.0418. The van der Waals surface area contributed by atoms with Crippen LogP contribution >= 0.6 is 0 Å². The van der Waals surface area contributed by atoms with Gasteiger partial charge in [0.05, 0.1) is 0 Å². The second kappa shape index (κ2) is 6.55. The van der Waals surface area contributed by atoms with Crippen molar-refractivity contribution in [2.75, 3.05) is 19.8 Å². The Morgan fingerprint density at radius 1 is 1.33 bits per heavy atom. The van der Waals surface area contributed by atoms with Crippen LogP contribution in [0.3, 0.4) is 0 Å². The van der Waals surface area contributed by atoms with Gasteiger partial charge in [0.2, 0.25) is 0 Å². The van der Waals surface area contributed by atoms with Gasteiger partial charge in [-0.2, -0.15) is 0 Å². The fourth-order valence-corrected chi connectivity index (χ4v) is 2.35. The van der Waals surface area contributed by atoms with E-state index in [0.717, 1.165) is 50.1 Å². The number of carbonyl (C=O) groups excluding carboxylic acids is 1. The predicted molar refractivity (Wildman–Crippen MR) is 71.7 cm³/mol. The summed E-state index contributed by atoms with van der Waals surface area (Å²) in [6.45, 7) is 4.47. The van der Waals surface area contributed by atoms with E-state index in [1.807, 2.05) is 31.2 Å². The Hall–Kier alpha value is -1.35. The highest BCUT2D eigenvalue weighted by atomic mass is 16.5. The first-order valence-corrected chi connectivity index (χ1v) is 6.69. The number of amides is 1. The van der Waals surface area contributed by atoms with E-state index in [4.69, 9.17) is 4.74 Å². The number of benzene rings is 1. The van der Waals surface area contributed by atoms with E-state index in [2.05, 4.69) is 5.32 Å². The van der Waals surface area contributed by atoms with Gasteiger partial charge in [-0.1, -0.05) is 18.2 Å². The zero-order valence-corrected chi connectivity index (χ0v) is 10.9. The molecule has 0 atom stereocenters. The van der Waals surface area contributed by atoms with Gasteiger partial charge in [0.15, 0.2) is 0 Å². The van der Waals surface area contributed by atoms with Crippen molar-refractivity contribution >= 4 is 5.91 Å². The third kappa shape index (κ3) is 3.57. The summed E-state index contributed by atoms with van der Waals surface area (Å²) in [5.41, 5.74) is 1.81. The lowest BCUT2D eigenvalue weighted by Gasteiger charge is -2.21. The van der Waals surface area contributed by atoms with E-state index in [0.29, 0.717) is 5.92 Å². The molecule has 0 bridgehead atoms. The summed E-state index contributed by atoms with van der Waals surface area (Å²) in [6.07, 6.45) is 3.31. The topological polar surface area (TPSA) is 38.3 Å². The molecule has 0 spiro atoms. The Balaban J connectivity index is 1.76. The molecule has 0 aromatic heterocycles. The van der Waals surface area contributed by atoms with E-state index in [1.165, 1.54) is 0 Å². The van der Waals surface area contributed by atoms with Crippen LogP contribution in [0.2, 0.25) is 0 Å². The normalized spacial score (nSPS) is 16.5. The number of rotatable bonds is 4. The third-order valence-corrected chi connectivity index (χ3v) is 3.57. The second-order valence-corrected chi connectivity index (χ2v) is 4.92. The van der Waals surface area contributed by atoms with E-state index >= 15 is 0 Å². The van der Waals surface area contributed by atoms with Gasteiger partial charge in [0.1, 0.15) is 0 Å². The molecule has 1 fully saturated rings. The maximum atomic E-state index is 12.0. The molecule has 0 aliphatic carbocycles. The highest BCUT2D eigenvalue weighted by Gasteiger charge is 2.14. The molecule has 3 nitrogen and oxygen atoms in total. The highest BCUT2D eigenvalue weighted by Crippen LogP contribution is 2.17. The first-order chi connectivity index (χ1) is 8.77. The van der Waals surface area contributed by atoms with Crippen molar-refractivity contribution in [3.8, 4) is 0 Å². The molecule has 1 aromatic carbocycles. The van der Waals surface area contributed by atoms with Gasteiger partial charge in [0, 0.05) is 25.3 Å². The molecule has 18 heavy (non-hydrogen) atoms. The molecule has 0 saturated carbocycles. The van der Waals surface area contributed by atoms with E-state index in [1.54, 1.807) is 0 Å². The zero-order valence-electron chi connectivity index (χ0n) is 10.9. The lowest BCUT2D eigenvalue weighted by Crippen LogP contribution is -2.28. The van der Waals surface area contributed by atoms with Crippen molar-refractivity contribution in [2.45, 2.75) is 26.2 Å². The van der Waals surface area contributed by atoms with Crippen LogP contribution in [0.15, 0.2) is 24.3 Å². The number of nitrogens with one attached hydrogen (secondary N) is 1. The van der Waals surface area contributed by atoms with Crippen molar-refractivity contribution in [3.63, 3.8) is 0 Å². The number of hydrogen-bond acceptors (Lipinski definition) is 2. The monoisotopic (exact) mass is 247 g/mol. The number of ether oxygens (including phenoxy) is 1. The van der Waals surface area contributed by atoms with Crippen LogP contribution in [-0.2, 0) is 4.74 Å². The Morgan fingerprint density at radius 3 is 2.78 bits per heavy atom. The Bertz CT molecular complexity index is 397. The maximum Gasteiger partial charge on any atom is 0.251 e. The molecule has 1 saturated heterocycles. The van der Waals surface area contributed by atoms with Crippen LogP contribution in [0, 0.1) is 12.8 Å². The smallest absolute Gasteiger partial charge is 0.251 e. The molecule has 98 valence electrons. The van der Waals surface area contributed by atoms with Gasteiger partial charge in [-0.05, 0) is 43.7 Å². The standard InChI is InChI=1S/C15H21NO2/c1-12-4-2-3-5-14(12)15(17)16-9-6-13-7-10-18-11-8-13/h2-5,13H,6-11H2,1H3,(H,16,17). The average molecular weight is 247 g/mol. The number of carbonyl (C=O) groups is 1. The first-order valence-electron chi connectivity index (χ1n) is 6.69. The lowest BCUT2D eigenvalue weighted by molar-refractivity contribution is 0.0636. The molecule has 2 rings (SSSR count). The zero-order chi connectivity index (χ0) is 12.8. The van der Waals surface area contributed by atoms with Gasteiger partial charge < -0.3 is 10.1 Å². The quantitative estimate of drug-likeness (QED) is 0.888. The summed E-state index contributed by atoms with van der Waals surface area (Å²) in [7, 11) is 0. The van der Waals surface area contributed by atoms with Gasteiger partial charge in [-0.3, -0.25) is 4.79 Å². The summed E-state index contributed by atoms with van der Waals surface area (Å²) in [5, 5.41) is 3.01. The van der Waals surface area contributed by atoms with Crippen LogP contribution in [-0.4, -0.2) is 25.7 Å². The van der Waals surface area contributed by atoms with Gasteiger partial charge in [-0.25, -0.2) is 0 Å². The van der Waals surface area contributed by atoms with Gasteiger partial charge in [-0.15, -0.1) is 0 Å². The maximum absolute atomic E-state index is 12.0. The molecule has 1 N–H and O–H groups in total. The van der Waals surface area contributed by atoms with Gasteiger partial charge >= 0.3 is 0 Å². The van der Waals surface area contributed by atoms with Crippen LogP contribution < -0.4 is 5.32 Å². The summed E-state index contributed by atoms with van der Waals surface area (Å²) in [5.74, 6) is 0.746. The number of hydrogen-bond donors (Lipinski definition) is 1. The van der Waals surface area contributed by atoms with Crippen molar-refractivity contribution in [1.29, 1.82) is 0 Å². The van der Waals surface area contributed by atoms with Gasteiger partial charge in [0.25, 0.3) is 5.91 Å².